The molecular formula is C11H12F2N2O5. The number of alkyl halides is 1. The molecule has 4 atom stereocenters. The van der Waals surface area contributed by atoms with E-state index >= 15 is 0 Å². The number of carbonyl (C=O) groups excluding carboxylic acids is 1. The number of nitrogens with one attached hydrogen (secondary N) is 1. The van der Waals surface area contributed by atoms with E-state index < -0.39 is 47.6 Å². The first kappa shape index (κ1) is 14.5. The van der Waals surface area contributed by atoms with Gasteiger partial charge >= 0.3 is 5.69 Å². The number of ether oxygens (including phenoxy) is 1. The molecule has 0 spiro atoms. The van der Waals surface area contributed by atoms with Crippen LogP contribution in [0.25, 0.3) is 0 Å². The molecule has 7 nitrogen and oxygen atoms in total. The van der Waals surface area contributed by atoms with Crippen molar-refractivity contribution in [1.29, 1.82) is 0 Å². The maximum Gasteiger partial charge on any atom is 0.330 e. The van der Waals surface area contributed by atoms with Gasteiger partial charge in [-0.25, -0.2) is 9.18 Å². The minimum absolute atomic E-state index is 0.247. The zero-order valence-corrected chi connectivity index (χ0v) is 10.4. The molecular weight excluding hydrogens is 278 g/mol. The molecule has 0 radical (unpaired) electrons. The number of aldehydes is 1. The molecule has 1 fully saturated rings. The van der Waals surface area contributed by atoms with Gasteiger partial charge in [0.05, 0.1) is 12.8 Å². The van der Waals surface area contributed by atoms with Crippen molar-refractivity contribution in [3.05, 3.63) is 32.9 Å². The third-order valence-electron chi connectivity index (χ3n) is 3.51. The standard InChI is InChI=1S/C11H12F2N2O5/c1-5-7(13)9(20-11(5,3-16)4-17)15-2-6(12)8(18)14-10(15)19/h2-3,5,7,9,17H,4H2,1H3,(H,14,18,19)/t5-,7-,9+,11+/m0/s1. The Bertz CT molecular complexity index is 642. The van der Waals surface area contributed by atoms with Crippen molar-refractivity contribution >= 4 is 6.29 Å². The number of H-pyrrole nitrogens is 1. The van der Waals surface area contributed by atoms with Crippen LogP contribution in [-0.2, 0) is 9.53 Å². The van der Waals surface area contributed by atoms with Gasteiger partial charge in [0, 0.05) is 5.92 Å². The van der Waals surface area contributed by atoms with E-state index in [1.54, 1.807) is 4.98 Å². The molecule has 1 aromatic heterocycles. The summed E-state index contributed by atoms with van der Waals surface area (Å²) in [6, 6.07) is 0. The number of aromatic nitrogens is 2. The van der Waals surface area contributed by atoms with Crippen molar-refractivity contribution in [2.75, 3.05) is 6.61 Å². The van der Waals surface area contributed by atoms with Gasteiger partial charge < -0.3 is 14.6 Å². The van der Waals surface area contributed by atoms with E-state index in [0.29, 0.717) is 10.8 Å². The molecule has 0 aromatic carbocycles. The lowest BCUT2D eigenvalue weighted by Crippen LogP contribution is -2.41. The summed E-state index contributed by atoms with van der Waals surface area (Å²) in [5, 5.41) is 9.20. The third-order valence-corrected chi connectivity index (χ3v) is 3.51. The van der Waals surface area contributed by atoms with Gasteiger partial charge in [-0.2, -0.15) is 4.39 Å². The van der Waals surface area contributed by atoms with Gasteiger partial charge in [0.25, 0.3) is 5.56 Å². The van der Waals surface area contributed by atoms with Crippen LogP contribution in [0.1, 0.15) is 13.2 Å². The zero-order chi connectivity index (χ0) is 15.1. The molecule has 2 heterocycles. The summed E-state index contributed by atoms with van der Waals surface area (Å²) in [7, 11) is 0. The molecule has 0 aliphatic carbocycles. The number of aliphatic hydroxyl groups is 1. The summed E-state index contributed by atoms with van der Waals surface area (Å²) in [5.74, 6) is -2.34. The molecule has 0 amide bonds. The summed E-state index contributed by atoms with van der Waals surface area (Å²) >= 11 is 0. The number of hydrogen-bond donors (Lipinski definition) is 2. The van der Waals surface area contributed by atoms with Crippen LogP contribution in [0.15, 0.2) is 15.8 Å². The average Bonchev–Trinajstić information content (AvgIpc) is 2.68. The van der Waals surface area contributed by atoms with E-state index in [4.69, 9.17) is 4.74 Å². The Hall–Kier alpha value is -1.87. The van der Waals surface area contributed by atoms with Crippen LogP contribution in [0, 0.1) is 11.7 Å². The van der Waals surface area contributed by atoms with Gasteiger partial charge in [-0.1, -0.05) is 6.92 Å². The Morgan fingerprint density at radius 2 is 2.25 bits per heavy atom. The topological polar surface area (TPSA) is 101 Å². The van der Waals surface area contributed by atoms with E-state index in [9.17, 15) is 28.3 Å². The molecule has 0 bridgehead atoms. The first-order valence-electron chi connectivity index (χ1n) is 5.76. The van der Waals surface area contributed by atoms with Crippen molar-refractivity contribution in [3.8, 4) is 0 Å². The maximum atomic E-state index is 14.2. The Morgan fingerprint density at radius 1 is 1.60 bits per heavy atom. The molecule has 2 rings (SSSR count). The molecule has 1 aromatic rings. The van der Waals surface area contributed by atoms with Crippen molar-refractivity contribution in [2.24, 2.45) is 5.92 Å². The fraction of sp³-hybridized carbons (Fsp3) is 0.545. The SMILES string of the molecule is C[C@H]1[C@H](F)[C@H](n2cc(F)c(=O)[nH]c2=O)O[C@]1(C=O)CO. The highest BCUT2D eigenvalue weighted by Crippen LogP contribution is 2.41. The lowest BCUT2D eigenvalue weighted by atomic mass is 9.90. The predicted molar refractivity (Wildman–Crippen MR) is 61.3 cm³/mol. The van der Waals surface area contributed by atoms with Gasteiger partial charge in [0.1, 0.15) is 0 Å². The molecule has 9 heteroatoms. The molecule has 0 unspecified atom stereocenters. The molecule has 2 N–H and O–H groups in total. The second-order valence-electron chi connectivity index (χ2n) is 4.62. The minimum Gasteiger partial charge on any atom is -0.393 e. The number of aromatic amines is 1. The van der Waals surface area contributed by atoms with Gasteiger partial charge in [0.2, 0.25) is 5.82 Å². The molecule has 20 heavy (non-hydrogen) atoms. The fourth-order valence-electron chi connectivity index (χ4n) is 2.13. The predicted octanol–water partition coefficient (Wildman–Crippen LogP) is -0.891. The van der Waals surface area contributed by atoms with Crippen molar-refractivity contribution in [2.45, 2.75) is 24.9 Å². The summed E-state index contributed by atoms with van der Waals surface area (Å²) in [6.45, 7) is 0.539. The van der Waals surface area contributed by atoms with Crippen LogP contribution in [-0.4, -0.2) is 39.3 Å². The highest BCUT2D eigenvalue weighted by molar-refractivity contribution is 5.64. The maximum absolute atomic E-state index is 14.2. The molecule has 0 saturated carbocycles. The molecule has 1 saturated heterocycles. The minimum atomic E-state index is -1.84. The van der Waals surface area contributed by atoms with E-state index in [0.717, 1.165) is 0 Å². The highest BCUT2D eigenvalue weighted by Gasteiger charge is 2.54. The fourth-order valence-corrected chi connectivity index (χ4v) is 2.13. The van der Waals surface area contributed by atoms with E-state index in [1.165, 1.54) is 6.92 Å². The van der Waals surface area contributed by atoms with Crippen LogP contribution in [0.3, 0.4) is 0 Å². The second kappa shape index (κ2) is 4.91. The Kier molecular flexibility index (Phi) is 3.57. The second-order valence-corrected chi connectivity index (χ2v) is 4.62. The van der Waals surface area contributed by atoms with Crippen LogP contribution < -0.4 is 11.2 Å². The van der Waals surface area contributed by atoms with E-state index in [-0.39, 0.29) is 6.29 Å². The van der Waals surface area contributed by atoms with Gasteiger partial charge in [-0.15, -0.1) is 0 Å². The third kappa shape index (κ3) is 1.98. The van der Waals surface area contributed by atoms with Crippen molar-refractivity contribution in [3.63, 3.8) is 0 Å². The van der Waals surface area contributed by atoms with Crippen LogP contribution >= 0.6 is 0 Å². The van der Waals surface area contributed by atoms with Gasteiger partial charge in [-0.3, -0.25) is 14.3 Å². The van der Waals surface area contributed by atoms with Crippen LogP contribution in [0.4, 0.5) is 8.78 Å². The largest absolute Gasteiger partial charge is 0.393 e. The van der Waals surface area contributed by atoms with Crippen LogP contribution in [0.5, 0.6) is 0 Å². The Labute approximate surface area is 110 Å². The number of rotatable bonds is 3. The Morgan fingerprint density at radius 3 is 2.75 bits per heavy atom. The van der Waals surface area contributed by atoms with Crippen molar-refractivity contribution in [1.82, 2.24) is 9.55 Å². The smallest absolute Gasteiger partial charge is 0.330 e. The number of nitrogens with zero attached hydrogens (tertiary/aromatic N) is 1. The Balaban J connectivity index is 2.50. The summed E-state index contributed by atoms with van der Waals surface area (Å²) in [4.78, 5) is 35.2. The molecule has 1 aliphatic rings. The van der Waals surface area contributed by atoms with Crippen LogP contribution in [0.2, 0.25) is 0 Å². The van der Waals surface area contributed by atoms with Crippen molar-refractivity contribution < 1.29 is 23.4 Å². The lowest BCUT2D eigenvalue weighted by Gasteiger charge is -2.23. The monoisotopic (exact) mass is 290 g/mol. The summed E-state index contributed by atoms with van der Waals surface area (Å²) < 4.78 is 33.0. The van der Waals surface area contributed by atoms with E-state index in [1.807, 2.05) is 0 Å². The number of aliphatic hydroxyl groups excluding tert-OH is 1. The van der Waals surface area contributed by atoms with E-state index in [2.05, 4.69) is 0 Å². The quantitative estimate of drug-likeness (QED) is 0.703. The summed E-state index contributed by atoms with van der Waals surface area (Å²) in [6.07, 6.45) is -2.70. The van der Waals surface area contributed by atoms with Gasteiger partial charge in [0.15, 0.2) is 24.3 Å². The average molecular weight is 290 g/mol. The normalized spacial score (nSPS) is 33.3. The molecule has 1 aliphatic heterocycles. The zero-order valence-electron chi connectivity index (χ0n) is 10.4. The number of hydrogen-bond acceptors (Lipinski definition) is 5. The first-order chi connectivity index (χ1) is 9.36. The van der Waals surface area contributed by atoms with Gasteiger partial charge in [-0.05, 0) is 0 Å². The summed E-state index contributed by atoms with van der Waals surface area (Å²) in [5.41, 5.74) is -4.12. The lowest BCUT2D eigenvalue weighted by molar-refractivity contribution is -0.145. The number of halogens is 2. The number of carbonyl (C=O) groups is 1. The molecule has 110 valence electrons. The first-order valence-corrected chi connectivity index (χ1v) is 5.76. The highest BCUT2D eigenvalue weighted by atomic mass is 19.1.